The van der Waals surface area contributed by atoms with Crippen molar-refractivity contribution in [3.8, 4) is 11.5 Å². The van der Waals surface area contributed by atoms with Crippen molar-refractivity contribution in [2.75, 3.05) is 18.4 Å². The second-order valence-electron chi connectivity index (χ2n) is 5.47. The summed E-state index contributed by atoms with van der Waals surface area (Å²) in [5.74, 6) is 1.70. The number of benzene rings is 2. The molecule has 2 N–H and O–H groups in total. The molecular weight excluding hydrogens is 276 g/mol. The highest BCUT2D eigenvalue weighted by Crippen LogP contribution is 2.23. The predicted molar refractivity (Wildman–Crippen MR) is 87.2 cm³/mol. The van der Waals surface area contributed by atoms with Crippen LogP contribution in [-0.2, 0) is 4.79 Å². The molecule has 1 saturated heterocycles. The highest BCUT2D eigenvalue weighted by atomic mass is 16.5. The van der Waals surface area contributed by atoms with Crippen LogP contribution >= 0.6 is 0 Å². The van der Waals surface area contributed by atoms with Crippen molar-refractivity contribution in [1.29, 1.82) is 0 Å². The molecule has 22 heavy (non-hydrogen) atoms. The summed E-state index contributed by atoms with van der Waals surface area (Å²) in [5, 5.41) is 6.23. The van der Waals surface area contributed by atoms with Crippen LogP contribution in [0.25, 0.3) is 0 Å². The van der Waals surface area contributed by atoms with Gasteiger partial charge in [-0.05, 0) is 55.8 Å². The molecule has 3 rings (SSSR count). The molecule has 1 amide bonds. The highest BCUT2D eigenvalue weighted by molar-refractivity contribution is 5.92. The summed E-state index contributed by atoms with van der Waals surface area (Å²) in [6, 6.07) is 17.1. The van der Waals surface area contributed by atoms with Crippen LogP contribution in [0.2, 0.25) is 0 Å². The number of carbonyl (C=O) groups excluding carboxylic acids is 1. The van der Waals surface area contributed by atoms with E-state index in [-0.39, 0.29) is 11.8 Å². The maximum Gasteiger partial charge on any atom is 0.228 e. The number of anilines is 1. The van der Waals surface area contributed by atoms with Crippen molar-refractivity contribution >= 4 is 11.6 Å². The van der Waals surface area contributed by atoms with Gasteiger partial charge in [0, 0.05) is 12.2 Å². The van der Waals surface area contributed by atoms with Gasteiger partial charge in [-0.3, -0.25) is 4.79 Å². The van der Waals surface area contributed by atoms with E-state index < -0.39 is 0 Å². The summed E-state index contributed by atoms with van der Waals surface area (Å²) in [4.78, 5) is 12.2. The van der Waals surface area contributed by atoms with Gasteiger partial charge in [0.2, 0.25) is 5.91 Å². The van der Waals surface area contributed by atoms with E-state index in [1.165, 1.54) is 0 Å². The number of rotatable bonds is 4. The summed E-state index contributed by atoms with van der Waals surface area (Å²) in [5.41, 5.74) is 0.802. The van der Waals surface area contributed by atoms with Gasteiger partial charge in [-0.25, -0.2) is 0 Å². The van der Waals surface area contributed by atoms with E-state index in [1.54, 1.807) is 0 Å². The fourth-order valence-electron chi connectivity index (χ4n) is 2.55. The van der Waals surface area contributed by atoms with Crippen molar-refractivity contribution in [3.05, 3.63) is 54.6 Å². The van der Waals surface area contributed by atoms with Crippen molar-refractivity contribution < 1.29 is 9.53 Å². The van der Waals surface area contributed by atoms with E-state index in [1.807, 2.05) is 54.6 Å². The average Bonchev–Trinajstić information content (AvgIpc) is 2.58. The minimum atomic E-state index is 0.0639. The Morgan fingerprint density at radius 3 is 2.45 bits per heavy atom. The molecule has 0 spiro atoms. The quantitative estimate of drug-likeness (QED) is 0.909. The van der Waals surface area contributed by atoms with E-state index in [9.17, 15) is 4.79 Å². The van der Waals surface area contributed by atoms with E-state index >= 15 is 0 Å². The Hall–Kier alpha value is -2.33. The third-order valence-electron chi connectivity index (χ3n) is 3.77. The van der Waals surface area contributed by atoms with E-state index in [0.29, 0.717) is 0 Å². The minimum Gasteiger partial charge on any atom is -0.457 e. The molecule has 0 saturated carbocycles. The monoisotopic (exact) mass is 296 g/mol. The molecule has 2 aromatic carbocycles. The third-order valence-corrected chi connectivity index (χ3v) is 3.77. The number of nitrogens with one attached hydrogen (secondary N) is 2. The fourth-order valence-corrected chi connectivity index (χ4v) is 2.55. The number of hydrogen-bond donors (Lipinski definition) is 2. The molecule has 1 heterocycles. The predicted octanol–water partition coefficient (Wildman–Crippen LogP) is 3.42. The molecule has 2 aromatic rings. The van der Waals surface area contributed by atoms with Gasteiger partial charge in [0.05, 0.1) is 5.92 Å². The molecule has 0 radical (unpaired) electrons. The first-order chi connectivity index (χ1) is 10.8. The smallest absolute Gasteiger partial charge is 0.228 e. The first kappa shape index (κ1) is 14.6. The molecule has 114 valence electrons. The van der Waals surface area contributed by atoms with Gasteiger partial charge in [0.15, 0.2) is 0 Å². The summed E-state index contributed by atoms with van der Waals surface area (Å²) in [6.07, 6.45) is 2.01. The number of hydrogen-bond acceptors (Lipinski definition) is 3. The van der Waals surface area contributed by atoms with Crippen molar-refractivity contribution in [2.45, 2.75) is 12.8 Å². The zero-order valence-electron chi connectivity index (χ0n) is 12.4. The lowest BCUT2D eigenvalue weighted by atomic mass is 9.99. The topological polar surface area (TPSA) is 50.4 Å². The van der Waals surface area contributed by atoms with Gasteiger partial charge in [-0.2, -0.15) is 0 Å². The summed E-state index contributed by atoms with van der Waals surface area (Å²) in [6.45, 7) is 1.77. The zero-order chi connectivity index (χ0) is 15.2. The molecule has 1 unspecified atom stereocenters. The van der Waals surface area contributed by atoms with Gasteiger partial charge < -0.3 is 15.4 Å². The maximum absolute atomic E-state index is 12.2. The minimum absolute atomic E-state index is 0.0639. The first-order valence-corrected chi connectivity index (χ1v) is 7.66. The van der Waals surface area contributed by atoms with Crippen LogP contribution in [0.3, 0.4) is 0 Å². The largest absolute Gasteiger partial charge is 0.457 e. The zero-order valence-corrected chi connectivity index (χ0v) is 12.4. The van der Waals surface area contributed by atoms with Gasteiger partial charge >= 0.3 is 0 Å². The Balaban J connectivity index is 1.58. The van der Waals surface area contributed by atoms with Gasteiger partial charge in [-0.1, -0.05) is 18.2 Å². The number of para-hydroxylation sites is 1. The van der Waals surface area contributed by atoms with Crippen LogP contribution in [-0.4, -0.2) is 19.0 Å². The standard InChI is InChI=1S/C18H20N2O2/c21-18(14-5-4-12-19-13-14)20-15-8-10-17(11-9-15)22-16-6-2-1-3-7-16/h1-3,6-11,14,19H,4-5,12-13H2,(H,20,21). The summed E-state index contributed by atoms with van der Waals surface area (Å²) < 4.78 is 5.73. The summed E-state index contributed by atoms with van der Waals surface area (Å²) in [7, 11) is 0. The normalized spacial score (nSPS) is 17.7. The van der Waals surface area contributed by atoms with Crippen LogP contribution in [0.4, 0.5) is 5.69 Å². The molecule has 0 aliphatic carbocycles. The average molecular weight is 296 g/mol. The molecule has 1 aliphatic heterocycles. The van der Waals surface area contributed by atoms with Crippen LogP contribution in [0.5, 0.6) is 11.5 Å². The van der Waals surface area contributed by atoms with Crippen LogP contribution in [0.1, 0.15) is 12.8 Å². The van der Waals surface area contributed by atoms with Crippen molar-refractivity contribution in [1.82, 2.24) is 5.32 Å². The Morgan fingerprint density at radius 1 is 1.05 bits per heavy atom. The van der Waals surface area contributed by atoms with E-state index in [0.717, 1.165) is 43.1 Å². The van der Waals surface area contributed by atoms with Gasteiger partial charge in [0.1, 0.15) is 11.5 Å². The number of amides is 1. The Kier molecular flexibility index (Phi) is 4.71. The van der Waals surface area contributed by atoms with Crippen LogP contribution in [0, 0.1) is 5.92 Å². The van der Waals surface area contributed by atoms with Crippen molar-refractivity contribution in [2.24, 2.45) is 5.92 Å². The molecule has 0 bridgehead atoms. The van der Waals surface area contributed by atoms with Crippen molar-refractivity contribution in [3.63, 3.8) is 0 Å². The third kappa shape index (κ3) is 3.86. The molecule has 1 atom stereocenters. The lowest BCUT2D eigenvalue weighted by Crippen LogP contribution is -2.37. The number of carbonyl (C=O) groups is 1. The molecule has 1 fully saturated rings. The van der Waals surface area contributed by atoms with Crippen LogP contribution < -0.4 is 15.4 Å². The Morgan fingerprint density at radius 2 is 1.77 bits per heavy atom. The van der Waals surface area contributed by atoms with Crippen LogP contribution in [0.15, 0.2) is 54.6 Å². The van der Waals surface area contributed by atoms with Gasteiger partial charge in [0.25, 0.3) is 0 Å². The highest BCUT2D eigenvalue weighted by Gasteiger charge is 2.20. The lowest BCUT2D eigenvalue weighted by Gasteiger charge is -2.21. The number of ether oxygens (including phenoxy) is 1. The molecule has 4 heteroatoms. The lowest BCUT2D eigenvalue weighted by molar-refractivity contribution is -0.120. The Bertz CT molecular complexity index is 605. The first-order valence-electron chi connectivity index (χ1n) is 7.66. The Labute approximate surface area is 130 Å². The number of piperidine rings is 1. The van der Waals surface area contributed by atoms with E-state index in [2.05, 4.69) is 10.6 Å². The van der Waals surface area contributed by atoms with Gasteiger partial charge in [-0.15, -0.1) is 0 Å². The molecular formula is C18H20N2O2. The fraction of sp³-hybridized carbons (Fsp3) is 0.278. The van der Waals surface area contributed by atoms with E-state index in [4.69, 9.17) is 4.74 Å². The SMILES string of the molecule is O=C(Nc1ccc(Oc2ccccc2)cc1)C1CCCNC1. The second kappa shape index (κ2) is 7.09. The second-order valence-corrected chi connectivity index (χ2v) is 5.47. The summed E-state index contributed by atoms with van der Waals surface area (Å²) >= 11 is 0. The molecule has 0 aromatic heterocycles. The maximum atomic E-state index is 12.2. The molecule has 1 aliphatic rings. The molecule has 4 nitrogen and oxygen atoms in total.